The second kappa shape index (κ2) is 5.44. The smallest absolute Gasteiger partial charge is 0.213 e. The lowest BCUT2D eigenvalue weighted by molar-refractivity contribution is 0.478. The zero-order chi connectivity index (χ0) is 15.0. The van der Waals surface area contributed by atoms with E-state index in [0.717, 1.165) is 47.8 Å². The molecule has 1 aliphatic carbocycles. The van der Waals surface area contributed by atoms with Gasteiger partial charge in [-0.1, -0.05) is 12.2 Å². The summed E-state index contributed by atoms with van der Waals surface area (Å²) in [6.45, 7) is 4.30. The predicted octanol–water partition coefficient (Wildman–Crippen LogP) is 2.42. The van der Waals surface area contributed by atoms with Crippen LogP contribution >= 0.6 is 12.2 Å². The molecule has 0 fully saturated rings. The Hall–Kier alpha value is -1.95. The fraction of sp³-hybridized carbons (Fsp3) is 0.400. The molecule has 3 rings (SSSR count). The monoisotopic (exact) mass is 302 g/mol. The average Bonchev–Trinajstić information content (AvgIpc) is 3.02. The van der Waals surface area contributed by atoms with Crippen LogP contribution in [0.3, 0.4) is 0 Å². The fourth-order valence-electron chi connectivity index (χ4n) is 2.57. The van der Waals surface area contributed by atoms with Gasteiger partial charge in [0.1, 0.15) is 16.6 Å². The molecule has 2 aromatic rings. The SMILES string of the molecule is Cc1nc(CNc2nc3c(cc2C(N)=S)CCC3)oc1C. The van der Waals surface area contributed by atoms with Gasteiger partial charge in [-0.2, -0.15) is 0 Å². The van der Waals surface area contributed by atoms with Crippen LogP contribution in [0.25, 0.3) is 0 Å². The molecule has 0 atom stereocenters. The van der Waals surface area contributed by atoms with Gasteiger partial charge in [0.05, 0.1) is 17.8 Å². The highest BCUT2D eigenvalue weighted by Crippen LogP contribution is 2.25. The van der Waals surface area contributed by atoms with Crippen molar-refractivity contribution in [3.05, 3.63) is 40.2 Å². The molecule has 0 aliphatic heterocycles. The lowest BCUT2D eigenvalue weighted by Gasteiger charge is -2.11. The van der Waals surface area contributed by atoms with Gasteiger partial charge >= 0.3 is 0 Å². The number of hydrogen-bond acceptors (Lipinski definition) is 5. The highest BCUT2D eigenvalue weighted by Gasteiger charge is 2.18. The number of hydrogen-bond donors (Lipinski definition) is 2. The van der Waals surface area contributed by atoms with Gasteiger partial charge in [0.2, 0.25) is 5.89 Å². The Bertz CT molecular complexity index is 688. The quantitative estimate of drug-likeness (QED) is 0.845. The van der Waals surface area contributed by atoms with E-state index in [2.05, 4.69) is 21.4 Å². The summed E-state index contributed by atoms with van der Waals surface area (Å²) in [5.41, 5.74) is 9.91. The Balaban J connectivity index is 1.85. The van der Waals surface area contributed by atoms with E-state index in [4.69, 9.17) is 22.4 Å². The Kier molecular flexibility index (Phi) is 3.63. The van der Waals surface area contributed by atoms with Crippen LogP contribution in [0, 0.1) is 13.8 Å². The third-order valence-electron chi connectivity index (χ3n) is 3.80. The number of oxazole rings is 1. The summed E-state index contributed by atoms with van der Waals surface area (Å²) in [5, 5.41) is 3.25. The van der Waals surface area contributed by atoms with Crippen molar-refractivity contribution in [2.75, 3.05) is 5.32 Å². The zero-order valence-electron chi connectivity index (χ0n) is 12.2. The van der Waals surface area contributed by atoms with Crippen LogP contribution in [0.2, 0.25) is 0 Å². The van der Waals surface area contributed by atoms with Crippen LogP contribution in [0.15, 0.2) is 10.5 Å². The Morgan fingerprint density at radius 1 is 1.38 bits per heavy atom. The van der Waals surface area contributed by atoms with Gasteiger partial charge in [-0.25, -0.2) is 9.97 Å². The Labute approximate surface area is 129 Å². The van der Waals surface area contributed by atoms with Crippen molar-refractivity contribution < 1.29 is 4.42 Å². The number of fused-ring (bicyclic) bond motifs is 1. The van der Waals surface area contributed by atoms with Crippen molar-refractivity contribution in [2.24, 2.45) is 5.73 Å². The third kappa shape index (κ3) is 2.76. The summed E-state index contributed by atoms with van der Waals surface area (Å²) in [6.07, 6.45) is 3.20. The van der Waals surface area contributed by atoms with Gasteiger partial charge in [0.15, 0.2) is 0 Å². The minimum atomic E-state index is 0.361. The van der Waals surface area contributed by atoms with Crippen LogP contribution in [0.1, 0.15) is 40.6 Å². The van der Waals surface area contributed by atoms with E-state index in [1.807, 2.05) is 13.8 Å². The second-order valence-corrected chi connectivity index (χ2v) is 5.75. The summed E-state index contributed by atoms with van der Waals surface area (Å²) in [6, 6.07) is 2.06. The first-order valence-electron chi connectivity index (χ1n) is 7.04. The molecule has 110 valence electrons. The molecular formula is C15H18N4OS. The molecule has 2 aromatic heterocycles. The van der Waals surface area contributed by atoms with Crippen molar-refractivity contribution in [3.63, 3.8) is 0 Å². The minimum absolute atomic E-state index is 0.361. The van der Waals surface area contributed by atoms with E-state index in [1.165, 1.54) is 5.56 Å². The maximum atomic E-state index is 5.82. The molecule has 3 N–H and O–H groups in total. The van der Waals surface area contributed by atoms with Gasteiger partial charge in [-0.3, -0.25) is 0 Å². The lowest BCUT2D eigenvalue weighted by atomic mass is 10.1. The maximum Gasteiger partial charge on any atom is 0.213 e. The van der Waals surface area contributed by atoms with Crippen LogP contribution in [0.5, 0.6) is 0 Å². The molecule has 0 bridgehead atoms. The number of rotatable bonds is 4. The van der Waals surface area contributed by atoms with Gasteiger partial charge in [0, 0.05) is 5.69 Å². The first-order chi connectivity index (χ1) is 10.0. The number of pyridine rings is 1. The molecule has 0 saturated carbocycles. The number of aromatic nitrogens is 2. The number of thiocarbonyl (C=S) groups is 1. The molecule has 0 unspecified atom stereocenters. The molecule has 5 nitrogen and oxygen atoms in total. The third-order valence-corrected chi connectivity index (χ3v) is 4.02. The van der Waals surface area contributed by atoms with Crippen molar-refractivity contribution in [1.29, 1.82) is 0 Å². The fourth-order valence-corrected chi connectivity index (χ4v) is 2.72. The van der Waals surface area contributed by atoms with Gasteiger partial charge in [-0.05, 0) is 44.7 Å². The summed E-state index contributed by atoms with van der Waals surface area (Å²) in [5.74, 6) is 2.20. The summed E-state index contributed by atoms with van der Waals surface area (Å²) < 4.78 is 5.56. The molecule has 0 radical (unpaired) electrons. The Morgan fingerprint density at radius 2 is 2.19 bits per heavy atom. The number of nitrogens with one attached hydrogen (secondary N) is 1. The summed E-state index contributed by atoms with van der Waals surface area (Å²) in [7, 11) is 0. The highest BCUT2D eigenvalue weighted by molar-refractivity contribution is 7.80. The summed E-state index contributed by atoms with van der Waals surface area (Å²) in [4.78, 5) is 9.38. The number of nitrogens with zero attached hydrogens (tertiary/aromatic N) is 2. The number of anilines is 1. The maximum absolute atomic E-state index is 5.82. The van der Waals surface area contributed by atoms with Crippen molar-refractivity contribution >= 4 is 23.0 Å². The van der Waals surface area contributed by atoms with E-state index >= 15 is 0 Å². The molecule has 0 saturated heterocycles. The molecule has 0 aromatic carbocycles. The molecule has 0 spiro atoms. The normalized spacial score (nSPS) is 13.2. The molecule has 2 heterocycles. The first-order valence-corrected chi connectivity index (χ1v) is 7.45. The molecular weight excluding hydrogens is 284 g/mol. The van der Waals surface area contributed by atoms with Gasteiger partial charge in [0.25, 0.3) is 0 Å². The van der Waals surface area contributed by atoms with Gasteiger partial charge in [-0.15, -0.1) is 0 Å². The zero-order valence-corrected chi connectivity index (χ0v) is 13.0. The second-order valence-electron chi connectivity index (χ2n) is 5.31. The lowest BCUT2D eigenvalue weighted by Crippen LogP contribution is -2.16. The van der Waals surface area contributed by atoms with E-state index in [1.54, 1.807) is 0 Å². The topological polar surface area (TPSA) is 77.0 Å². The molecule has 0 amide bonds. The van der Waals surface area contributed by atoms with E-state index in [-0.39, 0.29) is 0 Å². The molecule has 6 heteroatoms. The predicted molar refractivity (Wildman–Crippen MR) is 85.5 cm³/mol. The largest absolute Gasteiger partial charge is 0.444 e. The van der Waals surface area contributed by atoms with Crippen molar-refractivity contribution in [2.45, 2.75) is 39.7 Å². The van der Waals surface area contributed by atoms with Crippen LogP contribution < -0.4 is 11.1 Å². The first kappa shape index (κ1) is 14.0. The van der Waals surface area contributed by atoms with E-state index < -0.39 is 0 Å². The Morgan fingerprint density at radius 3 is 2.86 bits per heavy atom. The average molecular weight is 302 g/mol. The van der Waals surface area contributed by atoms with Crippen LogP contribution in [-0.4, -0.2) is 15.0 Å². The summed E-state index contributed by atoms with van der Waals surface area (Å²) >= 11 is 5.14. The minimum Gasteiger partial charge on any atom is -0.444 e. The number of nitrogens with two attached hydrogens (primary N) is 1. The van der Waals surface area contributed by atoms with Crippen molar-refractivity contribution in [1.82, 2.24) is 9.97 Å². The molecule has 21 heavy (non-hydrogen) atoms. The standard InChI is InChI=1S/C15H18N4OS/c1-8-9(2)20-13(18-8)7-17-15-11(14(16)21)6-10-4-3-5-12(10)19-15/h6H,3-5,7H2,1-2H3,(H2,16,21)(H,17,19). The van der Waals surface area contributed by atoms with E-state index in [9.17, 15) is 0 Å². The molecule has 1 aliphatic rings. The van der Waals surface area contributed by atoms with Crippen molar-refractivity contribution in [3.8, 4) is 0 Å². The van der Waals surface area contributed by atoms with E-state index in [0.29, 0.717) is 17.4 Å². The van der Waals surface area contributed by atoms with Gasteiger partial charge < -0.3 is 15.5 Å². The highest BCUT2D eigenvalue weighted by atomic mass is 32.1. The van der Waals surface area contributed by atoms with Crippen LogP contribution in [0.4, 0.5) is 5.82 Å². The number of aryl methyl sites for hydroxylation is 4. The van der Waals surface area contributed by atoms with Crippen LogP contribution in [-0.2, 0) is 19.4 Å².